The summed E-state index contributed by atoms with van der Waals surface area (Å²) in [6.45, 7) is 8.87. The summed E-state index contributed by atoms with van der Waals surface area (Å²) in [6.07, 6.45) is 2.46. The van der Waals surface area contributed by atoms with Crippen molar-refractivity contribution in [2.24, 2.45) is 5.41 Å². The van der Waals surface area contributed by atoms with Gasteiger partial charge in [-0.05, 0) is 31.2 Å². The smallest absolute Gasteiger partial charge is 0.0674 e. The van der Waals surface area contributed by atoms with Crippen molar-refractivity contribution in [2.45, 2.75) is 39.5 Å². The highest BCUT2D eigenvalue weighted by Crippen LogP contribution is 2.43. The average Bonchev–Trinajstić information content (AvgIpc) is 2.83. The van der Waals surface area contributed by atoms with Gasteiger partial charge in [0.1, 0.15) is 0 Å². The lowest BCUT2D eigenvalue weighted by molar-refractivity contribution is 0.257. The van der Waals surface area contributed by atoms with Crippen LogP contribution in [0.2, 0.25) is 0 Å². The van der Waals surface area contributed by atoms with Crippen molar-refractivity contribution in [1.29, 1.82) is 0 Å². The first kappa shape index (κ1) is 10.7. The maximum Gasteiger partial charge on any atom is 0.0674 e. The molecular formula is C12H21N3. The summed E-state index contributed by atoms with van der Waals surface area (Å²) in [5, 5.41) is 11.0. The third kappa shape index (κ3) is 1.69. The van der Waals surface area contributed by atoms with Crippen molar-refractivity contribution in [3.63, 3.8) is 0 Å². The molecule has 0 spiro atoms. The van der Waals surface area contributed by atoms with Crippen molar-refractivity contribution in [3.8, 4) is 0 Å². The Labute approximate surface area is 91.7 Å². The van der Waals surface area contributed by atoms with Gasteiger partial charge in [0.15, 0.2) is 0 Å². The molecule has 1 aromatic heterocycles. The van der Waals surface area contributed by atoms with Gasteiger partial charge in [-0.25, -0.2) is 0 Å². The van der Waals surface area contributed by atoms with E-state index in [2.05, 4.69) is 42.4 Å². The van der Waals surface area contributed by atoms with Crippen molar-refractivity contribution in [3.05, 3.63) is 17.5 Å². The molecule has 3 heteroatoms. The molecule has 2 N–H and O–H groups in total. The Morgan fingerprint density at radius 2 is 2.20 bits per heavy atom. The fraction of sp³-hybridized carbons (Fsp3) is 0.750. The van der Waals surface area contributed by atoms with E-state index in [9.17, 15) is 0 Å². The van der Waals surface area contributed by atoms with Crippen LogP contribution >= 0.6 is 0 Å². The number of nitrogens with zero attached hydrogens (tertiary/aromatic N) is 1. The fourth-order valence-electron chi connectivity index (χ4n) is 2.83. The predicted molar refractivity (Wildman–Crippen MR) is 62.0 cm³/mol. The number of hydrogen-bond acceptors (Lipinski definition) is 2. The van der Waals surface area contributed by atoms with Crippen LogP contribution in [0.3, 0.4) is 0 Å². The second kappa shape index (κ2) is 3.97. The highest BCUT2D eigenvalue weighted by atomic mass is 15.1. The molecule has 0 bridgehead atoms. The SMILES string of the molecule is CCC1(CC)CNC[C@H]1c1cc(C)[nH]n1. The van der Waals surface area contributed by atoms with Crippen LogP contribution in [0.15, 0.2) is 6.07 Å². The van der Waals surface area contributed by atoms with E-state index in [4.69, 9.17) is 0 Å². The topological polar surface area (TPSA) is 40.7 Å². The fourth-order valence-corrected chi connectivity index (χ4v) is 2.83. The highest BCUT2D eigenvalue weighted by molar-refractivity contribution is 5.18. The lowest BCUT2D eigenvalue weighted by Crippen LogP contribution is -2.27. The van der Waals surface area contributed by atoms with E-state index in [1.165, 1.54) is 18.5 Å². The van der Waals surface area contributed by atoms with E-state index in [1.807, 2.05) is 0 Å². The lowest BCUT2D eigenvalue weighted by atomic mass is 9.72. The molecule has 1 fully saturated rings. The molecule has 2 rings (SSSR count). The molecule has 0 radical (unpaired) electrons. The van der Waals surface area contributed by atoms with Gasteiger partial charge in [0.2, 0.25) is 0 Å². The third-order valence-corrected chi connectivity index (χ3v) is 4.06. The molecule has 2 heterocycles. The van der Waals surface area contributed by atoms with Crippen LogP contribution in [0.5, 0.6) is 0 Å². The van der Waals surface area contributed by atoms with E-state index in [1.54, 1.807) is 0 Å². The molecule has 0 saturated carbocycles. The molecule has 0 unspecified atom stereocenters. The second-order valence-corrected chi connectivity index (χ2v) is 4.73. The minimum absolute atomic E-state index is 0.418. The molecule has 3 nitrogen and oxygen atoms in total. The number of H-pyrrole nitrogens is 1. The zero-order chi connectivity index (χ0) is 10.9. The average molecular weight is 207 g/mol. The summed E-state index contributed by atoms with van der Waals surface area (Å²) in [6, 6.07) is 2.19. The van der Waals surface area contributed by atoms with Crippen molar-refractivity contribution >= 4 is 0 Å². The van der Waals surface area contributed by atoms with Crippen molar-refractivity contribution < 1.29 is 0 Å². The van der Waals surface area contributed by atoms with Crippen LogP contribution in [-0.4, -0.2) is 23.3 Å². The number of aromatic amines is 1. The van der Waals surface area contributed by atoms with Gasteiger partial charge in [0.05, 0.1) is 5.69 Å². The normalized spacial score (nSPS) is 24.6. The van der Waals surface area contributed by atoms with Gasteiger partial charge >= 0.3 is 0 Å². The monoisotopic (exact) mass is 207 g/mol. The van der Waals surface area contributed by atoms with E-state index in [-0.39, 0.29) is 0 Å². The molecule has 0 aliphatic carbocycles. The summed E-state index contributed by atoms with van der Waals surface area (Å²) < 4.78 is 0. The molecule has 1 atom stereocenters. The van der Waals surface area contributed by atoms with Crippen molar-refractivity contribution in [1.82, 2.24) is 15.5 Å². The Bertz CT molecular complexity index is 325. The van der Waals surface area contributed by atoms with Gasteiger partial charge in [-0.1, -0.05) is 13.8 Å². The predicted octanol–water partition coefficient (Wildman–Crippen LogP) is 2.21. The molecule has 1 aliphatic rings. The number of nitrogens with one attached hydrogen (secondary N) is 2. The van der Waals surface area contributed by atoms with Crippen LogP contribution in [0.1, 0.15) is 44.0 Å². The summed E-state index contributed by atoms with van der Waals surface area (Å²) in [5.41, 5.74) is 2.82. The van der Waals surface area contributed by atoms with Gasteiger partial charge in [0, 0.05) is 24.7 Å². The minimum Gasteiger partial charge on any atom is -0.315 e. The lowest BCUT2D eigenvalue weighted by Gasteiger charge is -2.31. The summed E-state index contributed by atoms with van der Waals surface area (Å²) in [7, 11) is 0. The molecule has 15 heavy (non-hydrogen) atoms. The van der Waals surface area contributed by atoms with Gasteiger partial charge < -0.3 is 5.32 Å². The van der Waals surface area contributed by atoms with Crippen LogP contribution in [-0.2, 0) is 0 Å². The Hall–Kier alpha value is -0.830. The summed E-state index contributed by atoms with van der Waals surface area (Å²) in [4.78, 5) is 0. The molecule has 0 aromatic carbocycles. The molecule has 1 aromatic rings. The van der Waals surface area contributed by atoms with Crippen LogP contribution in [0.25, 0.3) is 0 Å². The van der Waals surface area contributed by atoms with Crippen LogP contribution in [0.4, 0.5) is 0 Å². The highest BCUT2D eigenvalue weighted by Gasteiger charge is 2.41. The minimum atomic E-state index is 0.418. The zero-order valence-electron chi connectivity index (χ0n) is 9.93. The van der Waals surface area contributed by atoms with Gasteiger partial charge in [-0.3, -0.25) is 5.10 Å². The van der Waals surface area contributed by atoms with Gasteiger partial charge in [-0.2, -0.15) is 5.10 Å². The zero-order valence-corrected chi connectivity index (χ0v) is 9.93. The second-order valence-electron chi connectivity index (χ2n) is 4.73. The van der Waals surface area contributed by atoms with Crippen molar-refractivity contribution in [2.75, 3.05) is 13.1 Å². The van der Waals surface area contributed by atoms with Crippen LogP contribution < -0.4 is 5.32 Å². The Balaban J connectivity index is 2.28. The third-order valence-electron chi connectivity index (χ3n) is 4.06. The van der Waals surface area contributed by atoms with Gasteiger partial charge in [0.25, 0.3) is 0 Å². The summed E-state index contributed by atoms with van der Waals surface area (Å²) >= 11 is 0. The van der Waals surface area contributed by atoms with E-state index < -0.39 is 0 Å². The number of hydrogen-bond donors (Lipinski definition) is 2. The van der Waals surface area contributed by atoms with Crippen LogP contribution in [0, 0.1) is 12.3 Å². The maximum absolute atomic E-state index is 4.42. The number of aromatic nitrogens is 2. The van der Waals surface area contributed by atoms with E-state index in [0.717, 1.165) is 18.8 Å². The van der Waals surface area contributed by atoms with Gasteiger partial charge in [-0.15, -0.1) is 0 Å². The number of aryl methyl sites for hydroxylation is 1. The summed E-state index contributed by atoms with van der Waals surface area (Å²) in [5.74, 6) is 0.581. The molecule has 1 saturated heterocycles. The Morgan fingerprint density at radius 3 is 2.73 bits per heavy atom. The maximum atomic E-state index is 4.42. The van der Waals surface area contributed by atoms with E-state index in [0.29, 0.717) is 11.3 Å². The Morgan fingerprint density at radius 1 is 1.47 bits per heavy atom. The largest absolute Gasteiger partial charge is 0.315 e. The molecular weight excluding hydrogens is 186 g/mol. The molecule has 84 valence electrons. The van der Waals surface area contributed by atoms with E-state index >= 15 is 0 Å². The first-order valence-electron chi connectivity index (χ1n) is 5.94. The standard InChI is InChI=1S/C12H21N3/c1-4-12(5-2)8-13-7-10(12)11-6-9(3)14-15-11/h6,10,13H,4-5,7-8H2,1-3H3,(H,14,15)/t10-/m0/s1. The first-order chi connectivity index (χ1) is 7.22. The molecule has 1 aliphatic heterocycles. The number of rotatable bonds is 3. The molecule has 0 amide bonds. The first-order valence-corrected chi connectivity index (χ1v) is 5.94. The quantitative estimate of drug-likeness (QED) is 0.798. The Kier molecular flexibility index (Phi) is 2.83.